The summed E-state index contributed by atoms with van der Waals surface area (Å²) in [7, 11) is 0. The number of fused-ring (bicyclic) bond motifs is 7. The zero-order valence-corrected chi connectivity index (χ0v) is 29.9. The van der Waals surface area contributed by atoms with Crippen molar-refractivity contribution in [1.82, 2.24) is 4.98 Å². The molecule has 0 saturated carbocycles. The molecular weight excluding hydrogens is 669 g/mol. The zero-order valence-electron chi connectivity index (χ0n) is 29.9. The van der Waals surface area contributed by atoms with E-state index < -0.39 is 0 Å². The van der Waals surface area contributed by atoms with Crippen LogP contribution in [-0.4, -0.2) is 16.3 Å². The van der Waals surface area contributed by atoms with E-state index in [1.54, 1.807) is 12.3 Å². The Morgan fingerprint density at radius 2 is 1.09 bits per heavy atom. The van der Waals surface area contributed by atoms with E-state index in [0.29, 0.717) is 28.2 Å². The summed E-state index contributed by atoms with van der Waals surface area (Å²) >= 11 is 0. The molecule has 3 aromatic heterocycles. The van der Waals surface area contributed by atoms with E-state index in [0.717, 1.165) is 77.3 Å². The Hall–Kier alpha value is -6.92. The number of aromatic hydroxyl groups is 1. The molecule has 0 amide bonds. The van der Waals surface area contributed by atoms with Crippen molar-refractivity contribution in [3.05, 3.63) is 151 Å². The third-order valence-electron chi connectivity index (χ3n) is 10.3. The summed E-state index contributed by atoms with van der Waals surface area (Å²) in [5.74, 6) is 0.590. The number of phenols is 1. The highest BCUT2D eigenvalue weighted by molar-refractivity contribution is 6.15. The summed E-state index contributed by atoms with van der Waals surface area (Å²) in [5.41, 5.74) is 11.2. The van der Waals surface area contributed by atoms with Crippen molar-refractivity contribution in [3.8, 4) is 39.5 Å². The average molecular weight is 703 g/mol. The molecule has 6 nitrogen and oxygen atoms in total. The summed E-state index contributed by atoms with van der Waals surface area (Å²) in [6.07, 6.45) is 1.70. The largest absolute Gasteiger partial charge is 0.507 e. The molecule has 6 heteroatoms. The third kappa shape index (κ3) is 5.10. The molecule has 10 aromatic rings. The van der Waals surface area contributed by atoms with Gasteiger partial charge >= 0.3 is 0 Å². The molecule has 0 saturated heterocycles. The van der Waals surface area contributed by atoms with Crippen LogP contribution in [0.4, 0.5) is 5.69 Å². The minimum atomic E-state index is -0.0821. The van der Waals surface area contributed by atoms with Crippen molar-refractivity contribution in [2.24, 2.45) is 4.99 Å². The molecular formula is C48H34N2O4. The van der Waals surface area contributed by atoms with Crippen molar-refractivity contribution in [2.45, 2.75) is 26.2 Å². The first-order valence-electron chi connectivity index (χ1n) is 18.0. The molecule has 0 atom stereocenters. The summed E-state index contributed by atoms with van der Waals surface area (Å²) in [6, 6.07) is 46.3. The van der Waals surface area contributed by atoms with Crippen LogP contribution in [0, 0.1) is 0 Å². The molecule has 0 unspecified atom stereocenters. The molecule has 10 rings (SSSR count). The molecule has 0 fully saturated rings. The first kappa shape index (κ1) is 31.8. The van der Waals surface area contributed by atoms with Crippen molar-refractivity contribution in [1.29, 1.82) is 0 Å². The molecule has 3 heterocycles. The predicted molar refractivity (Wildman–Crippen MR) is 219 cm³/mol. The second-order valence-corrected chi connectivity index (χ2v) is 14.7. The number of nitrogens with zero attached hydrogens (tertiary/aromatic N) is 2. The van der Waals surface area contributed by atoms with Gasteiger partial charge in [-0.25, -0.2) is 4.98 Å². The van der Waals surface area contributed by atoms with E-state index in [4.69, 9.17) is 23.2 Å². The van der Waals surface area contributed by atoms with Gasteiger partial charge in [-0.1, -0.05) is 118 Å². The summed E-state index contributed by atoms with van der Waals surface area (Å²) in [6.45, 7) is 6.44. The quantitative estimate of drug-likeness (QED) is 0.180. The van der Waals surface area contributed by atoms with Gasteiger partial charge in [-0.2, -0.15) is 0 Å². The Labute approximate surface area is 310 Å². The van der Waals surface area contributed by atoms with Crippen LogP contribution in [0.5, 0.6) is 5.75 Å². The highest BCUT2D eigenvalue weighted by Gasteiger charge is 2.23. The summed E-state index contributed by atoms with van der Waals surface area (Å²) in [5, 5.41) is 14.9. The van der Waals surface area contributed by atoms with E-state index in [1.807, 2.05) is 72.8 Å². The molecule has 260 valence electrons. The molecule has 54 heavy (non-hydrogen) atoms. The topological polar surface area (TPSA) is 84.9 Å². The van der Waals surface area contributed by atoms with Gasteiger partial charge in [0.1, 0.15) is 33.6 Å². The number of oxazole rings is 1. The van der Waals surface area contributed by atoms with Gasteiger partial charge < -0.3 is 18.4 Å². The Kier molecular flexibility index (Phi) is 7.11. The van der Waals surface area contributed by atoms with Crippen LogP contribution >= 0.6 is 0 Å². The number of rotatable bonds is 5. The first-order valence-corrected chi connectivity index (χ1v) is 18.0. The predicted octanol–water partition coefficient (Wildman–Crippen LogP) is 13.4. The molecule has 0 radical (unpaired) electrons. The fourth-order valence-electron chi connectivity index (χ4n) is 7.50. The van der Waals surface area contributed by atoms with Crippen LogP contribution in [0.2, 0.25) is 0 Å². The lowest BCUT2D eigenvalue weighted by Gasteiger charge is -2.19. The Morgan fingerprint density at radius 1 is 0.537 bits per heavy atom. The van der Waals surface area contributed by atoms with E-state index in [1.165, 1.54) is 0 Å². The van der Waals surface area contributed by atoms with E-state index in [2.05, 4.69) is 81.4 Å². The number of hydrogen-bond donors (Lipinski definition) is 1. The lowest BCUT2D eigenvalue weighted by Crippen LogP contribution is -2.11. The van der Waals surface area contributed by atoms with E-state index in [9.17, 15) is 5.11 Å². The number of furan rings is 2. The van der Waals surface area contributed by atoms with Crippen molar-refractivity contribution in [3.63, 3.8) is 0 Å². The highest BCUT2D eigenvalue weighted by atomic mass is 16.4. The van der Waals surface area contributed by atoms with Crippen LogP contribution in [-0.2, 0) is 5.41 Å². The number of benzene rings is 7. The van der Waals surface area contributed by atoms with Gasteiger partial charge in [-0.05, 0) is 53.4 Å². The number of phenolic OH excluding ortho intramolecular Hbond substituents is 1. The lowest BCUT2D eigenvalue weighted by molar-refractivity contribution is 0.473. The fourth-order valence-corrected chi connectivity index (χ4v) is 7.50. The van der Waals surface area contributed by atoms with Gasteiger partial charge in [0.2, 0.25) is 5.89 Å². The number of aliphatic imine (C=N–C) groups is 1. The maximum Gasteiger partial charge on any atom is 0.229 e. The van der Waals surface area contributed by atoms with Crippen LogP contribution in [0.3, 0.4) is 0 Å². The van der Waals surface area contributed by atoms with Gasteiger partial charge in [0.15, 0.2) is 5.58 Å². The van der Waals surface area contributed by atoms with Gasteiger partial charge in [0.05, 0.1) is 11.3 Å². The average Bonchev–Trinajstić information content (AvgIpc) is 3.91. The molecule has 0 bridgehead atoms. The van der Waals surface area contributed by atoms with Gasteiger partial charge in [-0.15, -0.1) is 0 Å². The standard InChI is InChI=1S/C48H34N2O4/c1-48(2,3)29-22-25-40(51)28(26-29)27-49-39-19-7-4-14-38(39)47-50-43-32(35-17-10-15-33-30-12-5-8-20-41(30)52-44(33)35)23-24-37(46(43)54-47)36-18-11-16-34-31-13-6-9-21-42(31)53-45(34)36/h4-27,51H,1-3H3. The lowest BCUT2D eigenvalue weighted by atomic mass is 9.86. The minimum Gasteiger partial charge on any atom is -0.507 e. The Morgan fingerprint density at radius 3 is 1.78 bits per heavy atom. The summed E-state index contributed by atoms with van der Waals surface area (Å²) in [4.78, 5) is 10.1. The smallest absolute Gasteiger partial charge is 0.229 e. The third-order valence-corrected chi connectivity index (χ3v) is 10.3. The number of aromatic nitrogens is 1. The Balaban J connectivity index is 1.20. The molecule has 0 spiro atoms. The maximum atomic E-state index is 10.7. The monoisotopic (exact) mass is 702 g/mol. The van der Waals surface area contributed by atoms with Crippen molar-refractivity contribution >= 4 is 66.9 Å². The van der Waals surface area contributed by atoms with Gasteiger partial charge in [0, 0.05) is 55.6 Å². The van der Waals surface area contributed by atoms with Crippen molar-refractivity contribution < 1.29 is 18.4 Å². The maximum absolute atomic E-state index is 10.7. The first-order chi connectivity index (χ1) is 26.3. The van der Waals surface area contributed by atoms with Crippen molar-refractivity contribution in [2.75, 3.05) is 0 Å². The normalized spacial score (nSPS) is 12.4. The van der Waals surface area contributed by atoms with Crippen LogP contribution in [0.15, 0.2) is 158 Å². The minimum absolute atomic E-state index is 0.0821. The molecule has 7 aromatic carbocycles. The van der Waals surface area contributed by atoms with Crippen LogP contribution in [0.1, 0.15) is 31.9 Å². The van der Waals surface area contributed by atoms with Gasteiger partial charge in [-0.3, -0.25) is 4.99 Å². The number of hydrogen-bond acceptors (Lipinski definition) is 6. The highest BCUT2D eigenvalue weighted by Crippen LogP contribution is 2.45. The van der Waals surface area contributed by atoms with Gasteiger partial charge in [0.25, 0.3) is 0 Å². The zero-order chi connectivity index (χ0) is 36.6. The van der Waals surface area contributed by atoms with E-state index in [-0.39, 0.29) is 11.2 Å². The molecule has 0 aliphatic heterocycles. The molecule has 1 N–H and O–H groups in total. The molecule has 0 aliphatic rings. The molecule has 0 aliphatic carbocycles. The van der Waals surface area contributed by atoms with Crippen LogP contribution in [0.25, 0.3) is 88.7 Å². The van der Waals surface area contributed by atoms with Crippen LogP contribution < -0.4 is 0 Å². The SMILES string of the molecule is CC(C)(C)c1ccc(O)c(C=Nc2ccccc2-c2nc3c(-c4cccc5c4oc4ccccc45)ccc(-c4cccc5c4oc4ccccc45)c3o2)c1. The Bertz CT molecular complexity index is 2960. The fraction of sp³-hybridized carbons (Fsp3) is 0.0833. The second-order valence-electron chi connectivity index (χ2n) is 14.7. The summed E-state index contributed by atoms with van der Waals surface area (Å²) < 4.78 is 19.9. The second kappa shape index (κ2) is 12.1. The number of para-hydroxylation sites is 5. The van der Waals surface area contributed by atoms with E-state index >= 15 is 0 Å².